The van der Waals surface area contributed by atoms with Gasteiger partial charge in [0.05, 0.1) is 6.04 Å². The van der Waals surface area contributed by atoms with Gasteiger partial charge in [-0.05, 0) is 42.5 Å². The molecule has 12 nitrogen and oxygen atoms in total. The van der Waals surface area contributed by atoms with E-state index in [0.29, 0.717) is 11.3 Å². The number of aliphatic carboxylic acids is 2. The van der Waals surface area contributed by atoms with Gasteiger partial charge >= 0.3 is 11.9 Å². The number of carboxylic acid groups (broad SMARTS) is 2. The highest BCUT2D eigenvalue weighted by atomic mass is 32.2. The van der Waals surface area contributed by atoms with E-state index in [1.165, 1.54) is 23.9 Å². The number of carboxylic acids is 2. The molecule has 1 aromatic rings. The van der Waals surface area contributed by atoms with Crippen LogP contribution in [-0.4, -0.2) is 81.7 Å². The number of phenols is 1. The van der Waals surface area contributed by atoms with Crippen molar-refractivity contribution in [1.82, 2.24) is 16.0 Å². The van der Waals surface area contributed by atoms with E-state index < -0.39 is 54.3 Å². The predicted octanol–water partition coefficient (Wildman–Crippen LogP) is -0.950. The van der Waals surface area contributed by atoms with Crippen LogP contribution in [0.15, 0.2) is 24.3 Å². The fraction of sp³-hybridized carbons (Fsp3) is 0.476. The number of rotatable bonds is 15. The molecule has 0 bridgehead atoms. The van der Waals surface area contributed by atoms with Crippen molar-refractivity contribution in [3.8, 4) is 5.75 Å². The molecule has 1 rings (SSSR count). The number of hydrogen-bond acceptors (Lipinski definition) is 8. The minimum absolute atomic E-state index is 0.00120. The molecular weight excluding hydrogens is 468 g/mol. The molecule has 0 aliphatic carbocycles. The number of aromatic hydroxyl groups is 1. The van der Waals surface area contributed by atoms with Gasteiger partial charge in [0.1, 0.15) is 24.4 Å². The number of hydrogen-bond donors (Lipinski definition) is 7. The van der Waals surface area contributed by atoms with E-state index >= 15 is 0 Å². The second kappa shape index (κ2) is 14.8. The van der Waals surface area contributed by atoms with Crippen molar-refractivity contribution >= 4 is 41.4 Å². The average Bonchev–Trinajstić information content (AvgIpc) is 2.79. The minimum Gasteiger partial charge on any atom is -0.508 e. The molecule has 0 radical (unpaired) electrons. The second-order valence-corrected chi connectivity index (χ2v) is 8.41. The Balaban J connectivity index is 2.97. The lowest BCUT2D eigenvalue weighted by Gasteiger charge is -2.24. The van der Waals surface area contributed by atoms with Gasteiger partial charge in [-0.2, -0.15) is 11.8 Å². The number of phenolic OH excluding ortho intramolecular Hbond substituents is 1. The third-order valence-electron chi connectivity index (χ3n) is 4.67. The summed E-state index contributed by atoms with van der Waals surface area (Å²) in [6, 6.07) is 2.57. The summed E-state index contributed by atoms with van der Waals surface area (Å²) in [5.74, 6) is -3.98. The zero-order valence-electron chi connectivity index (χ0n) is 18.7. The van der Waals surface area contributed by atoms with Crippen molar-refractivity contribution in [2.75, 3.05) is 18.6 Å². The largest absolute Gasteiger partial charge is 0.508 e. The van der Waals surface area contributed by atoms with Crippen molar-refractivity contribution in [2.45, 2.75) is 43.8 Å². The molecule has 0 aromatic heterocycles. The number of amides is 3. The topological polar surface area (TPSA) is 208 Å². The predicted molar refractivity (Wildman–Crippen MR) is 124 cm³/mol. The number of nitrogens with two attached hydrogens (primary N) is 1. The molecule has 188 valence electrons. The van der Waals surface area contributed by atoms with E-state index in [9.17, 15) is 29.1 Å². The lowest BCUT2D eigenvalue weighted by Crippen LogP contribution is -2.56. The monoisotopic (exact) mass is 498 g/mol. The molecule has 34 heavy (non-hydrogen) atoms. The highest BCUT2D eigenvalue weighted by Crippen LogP contribution is 2.12. The molecule has 0 heterocycles. The van der Waals surface area contributed by atoms with Crippen LogP contribution >= 0.6 is 11.8 Å². The zero-order valence-corrected chi connectivity index (χ0v) is 19.5. The Labute approximate surface area is 200 Å². The van der Waals surface area contributed by atoms with Crippen LogP contribution in [0.1, 0.15) is 24.8 Å². The highest BCUT2D eigenvalue weighted by Gasteiger charge is 2.28. The van der Waals surface area contributed by atoms with Crippen molar-refractivity contribution in [2.24, 2.45) is 5.73 Å². The smallest absolute Gasteiger partial charge is 0.322 e. The molecule has 3 amide bonds. The number of carbonyl (C=O) groups excluding carboxylic acids is 3. The van der Waals surface area contributed by atoms with Gasteiger partial charge in [0.25, 0.3) is 0 Å². The summed E-state index contributed by atoms with van der Waals surface area (Å²) in [6.45, 7) is -0.647. The molecule has 0 spiro atoms. The summed E-state index contributed by atoms with van der Waals surface area (Å²) in [4.78, 5) is 59.4. The van der Waals surface area contributed by atoms with Gasteiger partial charge in [0, 0.05) is 12.8 Å². The summed E-state index contributed by atoms with van der Waals surface area (Å²) >= 11 is 1.43. The lowest BCUT2D eigenvalue weighted by atomic mass is 10.0. The van der Waals surface area contributed by atoms with Crippen LogP contribution in [0.4, 0.5) is 0 Å². The zero-order chi connectivity index (χ0) is 25.7. The molecular formula is C21H30N4O8S. The maximum Gasteiger partial charge on any atom is 0.322 e. The molecule has 1 aromatic carbocycles. The summed E-state index contributed by atoms with van der Waals surface area (Å²) in [6.07, 6.45) is 1.60. The van der Waals surface area contributed by atoms with Gasteiger partial charge < -0.3 is 37.0 Å². The number of thioether (sulfide) groups is 1. The van der Waals surface area contributed by atoms with Gasteiger partial charge in [-0.15, -0.1) is 0 Å². The van der Waals surface area contributed by atoms with Crippen LogP contribution in [0.5, 0.6) is 5.75 Å². The van der Waals surface area contributed by atoms with Crippen molar-refractivity contribution in [3.63, 3.8) is 0 Å². The SMILES string of the molecule is CSCCC(NC(=O)C(N)CCC(=O)O)C(=O)NC(Cc1ccc(O)cc1)C(=O)NCC(=O)O. The first-order chi connectivity index (χ1) is 16.0. The van der Waals surface area contributed by atoms with Crippen LogP contribution in [0.25, 0.3) is 0 Å². The van der Waals surface area contributed by atoms with Crippen LogP contribution < -0.4 is 21.7 Å². The van der Waals surface area contributed by atoms with Crippen molar-refractivity contribution in [1.29, 1.82) is 0 Å². The highest BCUT2D eigenvalue weighted by molar-refractivity contribution is 7.98. The first-order valence-corrected chi connectivity index (χ1v) is 11.8. The fourth-order valence-corrected chi connectivity index (χ4v) is 3.30. The van der Waals surface area contributed by atoms with Crippen LogP contribution in [0, 0.1) is 0 Å². The quantitative estimate of drug-likeness (QED) is 0.158. The van der Waals surface area contributed by atoms with Gasteiger partial charge in [-0.1, -0.05) is 12.1 Å². The maximum atomic E-state index is 13.0. The molecule has 0 aliphatic heterocycles. The van der Waals surface area contributed by atoms with Crippen LogP contribution in [0.3, 0.4) is 0 Å². The lowest BCUT2D eigenvalue weighted by molar-refractivity contribution is -0.139. The molecule has 0 saturated heterocycles. The minimum atomic E-state index is -1.26. The first kappa shape index (κ1) is 28.7. The Morgan fingerprint density at radius 2 is 1.53 bits per heavy atom. The normalized spacial score (nSPS) is 13.2. The Morgan fingerprint density at radius 1 is 0.912 bits per heavy atom. The molecule has 0 aliphatic rings. The molecule has 3 unspecified atom stereocenters. The summed E-state index contributed by atoms with van der Waals surface area (Å²) in [5.41, 5.74) is 6.31. The van der Waals surface area contributed by atoms with E-state index in [1.54, 1.807) is 12.1 Å². The Morgan fingerprint density at radius 3 is 2.09 bits per heavy atom. The third kappa shape index (κ3) is 11.0. The average molecular weight is 499 g/mol. The fourth-order valence-electron chi connectivity index (χ4n) is 2.83. The van der Waals surface area contributed by atoms with Crippen molar-refractivity contribution < 1.29 is 39.3 Å². The standard InChI is InChI=1S/C21H30N4O8S/c1-34-9-8-15(24-19(31)14(22)6-7-17(27)28)21(33)25-16(20(32)23-11-18(29)30)10-12-2-4-13(26)5-3-12/h2-5,14-16,26H,6-11,22H2,1H3,(H,23,32)(H,24,31)(H,25,33)(H,27,28)(H,29,30). The molecule has 13 heteroatoms. The van der Waals surface area contributed by atoms with Gasteiger partial charge in [0.15, 0.2) is 0 Å². The van der Waals surface area contributed by atoms with E-state index in [2.05, 4.69) is 16.0 Å². The number of nitrogens with one attached hydrogen (secondary N) is 3. The van der Waals surface area contributed by atoms with Crippen LogP contribution in [0.2, 0.25) is 0 Å². The maximum absolute atomic E-state index is 13.0. The molecule has 0 saturated carbocycles. The molecule has 0 fully saturated rings. The van der Waals surface area contributed by atoms with Gasteiger partial charge in [-0.25, -0.2) is 0 Å². The molecule has 3 atom stereocenters. The summed E-state index contributed by atoms with van der Waals surface area (Å²) < 4.78 is 0. The second-order valence-electron chi connectivity index (χ2n) is 7.42. The third-order valence-corrected chi connectivity index (χ3v) is 5.32. The first-order valence-electron chi connectivity index (χ1n) is 10.4. The Hall–Kier alpha value is -3.32. The van der Waals surface area contributed by atoms with E-state index in [0.717, 1.165) is 0 Å². The van der Waals surface area contributed by atoms with E-state index in [-0.39, 0.29) is 31.4 Å². The van der Waals surface area contributed by atoms with Crippen LogP contribution in [-0.2, 0) is 30.4 Å². The van der Waals surface area contributed by atoms with Crippen molar-refractivity contribution in [3.05, 3.63) is 29.8 Å². The van der Waals surface area contributed by atoms with E-state index in [1.807, 2.05) is 6.26 Å². The number of benzene rings is 1. The van der Waals surface area contributed by atoms with Gasteiger partial charge in [0.2, 0.25) is 17.7 Å². The molecule has 8 N–H and O–H groups in total. The Bertz CT molecular complexity index is 865. The van der Waals surface area contributed by atoms with Gasteiger partial charge in [-0.3, -0.25) is 24.0 Å². The number of carbonyl (C=O) groups is 5. The Kier molecular flexibility index (Phi) is 12.5. The summed E-state index contributed by atoms with van der Waals surface area (Å²) in [5, 5.41) is 34.3. The van der Waals surface area contributed by atoms with E-state index in [4.69, 9.17) is 15.9 Å². The summed E-state index contributed by atoms with van der Waals surface area (Å²) in [7, 11) is 0.